The minimum atomic E-state index is -0.283. The number of furan rings is 2. The number of benzene rings is 1. The fraction of sp³-hybridized carbons (Fsp3) is 0.261. The van der Waals surface area contributed by atoms with Gasteiger partial charge in [0, 0.05) is 30.2 Å². The monoisotopic (exact) mass is 432 g/mol. The second-order valence-electron chi connectivity index (χ2n) is 7.81. The second-order valence-corrected chi connectivity index (χ2v) is 8.75. The van der Waals surface area contributed by atoms with Crippen LogP contribution in [0.1, 0.15) is 42.9 Å². The molecule has 0 radical (unpaired) electrons. The molecule has 1 amide bonds. The molecular weight excluding hydrogens is 412 g/mol. The quantitative estimate of drug-likeness (QED) is 0.400. The number of carbonyl (C=O) groups is 1. The molecule has 3 aromatic heterocycles. The molecule has 1 fully saturated rings. The maximum Gasteiger partial charge on any atom is 0.253 e. The Morgan fingerprint density at radius 3 is 2.90 bits per heavy atom. The molecule has 8 heteroatoms. The predicted octanol–water partition coefficient (Wildman–Crippen LogP) is 5.03. The Morgan fingerprint density at radius 1 is 1.19 bits per heavy atom. The van der Waals surface area contributed by atoms with Gasteiger partial charge >= 0.3 is 0 Å². The Balaban J connectivity index is 1.26. The molecule has 1 saturated carbocycles. The third kappa shape index (κ3) is 3.46. The van der Waals surface area contributed by atoms with E-state index in [0.29, 0.717) is 24.0 Å². The summed E-state index contributed by atoms with van der Waals surface area (Å²) >= 11 is 1.45. The van der Waals surface area contributed by atoms with Crippen molar-refractivity contribution in [1.29, 1.82) is 0 Å². The molecular formula is C23H20N4O3S. The maximum atomic E-state index is 13.2. The SMILES string of the molecule is O=C(CSc1nccn1C1CC1)N1N=C(c2cc3ccccc3o2)CC1c1ccco1. The van der Waals surface area contributed by atoms with Gasteiger partial charge in [-0.1, -0.05) is 30.0 Å². The van der Waals surface area contributed by atoms with Gasteiger partial charge in [0.25, 0.3) is 5.91 Å². The average molecular weight is 433 g/mol. The Hall–Kier alpha value is -3.26. The van der Waals surface area contributed by atoms with E-state index in [-0.39, 0.29) is 17.7 Å². The lowest BCUT2D eigenvalue weighted by molar-refractivity contribution is -0.130. The Kier molecular flexibility index (Phi) is 4.45. The first kappa shape index (κ1) is 18.5. The van der Waals surface area contributed by atoms with Crippen LogP contribution >= 0.6 is 11.8 Å². The van der Waals surface area contributed by atoms with Gasteiger partial charge in [-0.25, -0.2) is 9.99 Å². The molecule has 0 N–H and O–H groups in total. The van der Waals surface area contributed by atoms with Crippen molar-refractivity contribution in [3.63, 3.8) is 0 Å². The van der Waals surface area contributed by atoms with Gasteiger partial charge in [-0.05, 0) is 37.1 Å². The normalized spacial score (nSPS) is 18.6. The summed E-state index contributed by atoms with van der Waals surface area (Å²) in [5.74, 6) is 1.58. The topological polar surface area (TPSA) is 76.8 Å². The summed E-state index contributed by atoms with van der Waals surface area (Å²) in [4.78, 5) is 17.6. The summed E-state index contributed by atoms with van der Waals surface area (Å²) in [6.45, 7) is 0. The number of imidazole rings is 1. The van der Waals surface area contributed by atoms with Crippen LogP contribution in [-0.2, 0) is 4.79 Å². The number of carbonyl (C=O) groups excluding carboxylic acids is 1. The molecule has 6 rings (SSSR count). The van der Waals surface area contributed by atoms with Crippen molar-refractivity contribution in [2.75, 3.05) is 5.75 Å². The van der Waals surface area contributed by atoms with Crippen molar-refractivity contribution < 1.29 is 13.6 Å². The molecule has 4 aromatic rings. The fourth-order valence-electron chi connectivity index (χ4n) is 3.95. The number of para-hydroxylation sites is 1. The summed E-state index contributed by atoms with van der Waals surface area (Å²) in [7, 11) is 0. The molecule has 1 aromatic carbocycles. The van der Waals surface area contributed by atoms with E-state index in [4.69, 9.17) is 8.83 Å². The summed E-state index contributed by atoms with van der Waals surface area (Å²) in [6.07, 6.45) is 8.30. The molecule has 4 heterocycles. The number of rotatable bonds is 6. The van der Waals surface area contributed by atoms with Gasteiger partial charge in [0.2, 0.25) is 0 Å². The molecule has 0 saturated heterocycles. The number of hydrogen-bond donors (Lipinski definition) is 0. The Bertz CT molecular complexity index is 1240. The van der Waals surface area contributed by atoms with Gasteiger partial charge in [0.1, 0.15) is 23.1 Å². The van der Waals surface area contributed by atoms with Crippen molar-refractivity contribution in [2.24, 2.45) is 5.10 Å². The second kappa shape index (κ2) is 7.46. The van der Waals surface area contributed by atoms with Crippen LogP contribution in [-0.4, -0.2) is 31.9 Å². The fourth-order valence-corrected chi connectivity index (χ4v) is 4.83. The van der Waals surface area contributed by atoms with Crippen LogP contribution in [0.2, 0.25) is 0 Å². The van der Waals surface area contributed by atoms with E-state index >= 15 is 0 Å². The molecule has 1 atom stereocenters. The third-order valence-electron chi connectivity index (χ3n) is 5.65. The van der Waals surface area contributed by atoms with E-state index in [1.165, 1.54) is 24.6 Å². The lowest BCUT2D eigenvalue weighted by Gasteiger charge is -2.19. The van der Waals surface area contributed by atoms with Gasteiger partial charge in [0.15, 0.2) is 10.9 Å². The van der Waals surface area contributed by atoms with Crippen LogP contribution in [0.15, 0.2) is 80.2 Å². The maximum absolute atomic E-state index is 13.2. The van der Waals surface area contributed by atoms with Crippen LogP contribution in [0, 0.1) is 0 Å². The van der Waals surface area contributed by atoms with E-state index in [2.05, 4.69) is 14.7 Å². The number of hydrogen-bond acceptors (Lipinski definition) is 6. The molecule has 1 aliphatic heterocycles. The average Bonchev–Trinajstić information content (AvgIpc) is 3.26. The van der Waals surface area contributed by atoms with Crippen molar-refractivity contribution in [3.05, 3.63) is 72.6 Å². The van der Waals surface area contributed by atoms with E-state index in [1.807, 2.05) is 48.7 Å². The lowest BCUT2D eigenvalue weighted by Crippen LogP contribution is -2.28. The number of fused-ring (bicyclic) bond motifs is 1. The molecule has 31 heavy (non-hydrogen) atoms. The van der Waals surface area contributed by atoms with Crippen LogP contribution < -0.4 is 0 Å². The zero-order chi connectivity index (χ0) is 20.8. The van der Waals surface area contributed by atoms with Crippen molar-refractivity contribution in [3.8, 4) is 0 Å². The van der Waals surface area contributed by atoms with E-state index in [0.717, 1.165) is 21.8 Å². The summed E-state index contributed by atoms with van der Waals surface area (Å²) in [5.41, 5.74) is 1.55. The number of nitrogens with zero attached hydrogens (tertiary/aromatic N) is 4. The Morgan fingerprint density at radius 2 is 2.10 bits per heavy atom. The Labute approximate surface area is 182 Å². The van der Waals surface area contributed by atoms with Gasteiger partial charge in [-0.2, -0.15) is 5.10 Å². The molecule has 0 bridgehead atoms. The van der Waals surface area contributed by atoms with E-state index in [9.17, 15) is 4.79 Å². The minimum Gasteiger partial charge on any atom is -0.467 e. The highest BCUT2D eigenvalue weighted by Gasteiger charge is 2.36. The summed E-state index contributed by atoms with van der Waals surface area (Å²) in [6, 6.07) is 13.8. The number of aromatic nitrogens is 2. The minimum absolute atomic E-state index is 0.0807. The molecule has 7 nitrogen and oxygen atoms in total. The predicted molar refractivity (Wildman–Crippen MR) is 117 cm³/mol. The highest BCUT2D eigenvalue weighted by atomic mass is 32.2. The number of thioether (sulfide) groups is 1. The van der Waals surface area contributed by atoms with Gasteiger partial charge in [-0.3, -0.25) is 4.79 Å². The third-order valence-corrected chi connectivity index (χ3v) is 6.61. The van der Waals surface area contributed by atoms with Crippen molar-refractivity contribution >= 4 is 34.3 Å². The summed E-state index contributed by atoms with van der Waals surface area (Å²) < 4.78 is 13.8. The van der Waals surface area contributed by atoms with Gasteiger partial charge in [-0.15, -0.1) is 0 Å². The number of hydrazone groups is 1. The highest BCUT2D eigenvalue weighted by molar-refractivity contribution is 7.99. The highest BCUT2D eigenvalue weighted by Crippen LogP contribution is 2.38. The van der Waals surface area contributed by atoms with Crippen molar-refractivity contribution in [2.45, 2.75) is 36.5 Å². The van der Waals surface area contributed by atoms with Crippen LogP contribution in [0.5, 0.6) is 0 Å². The first-order valence-corrected chi connectivity index (χ1v) is 11.3. The van der Waals surface area contributed by atoms with E-state index < -0.39 is 0 Å². The molecule has 1 unspecified atom stereocenters. The van der Waals surface area contributed by atoms with Crippen molar-refractivity contribution in [1.82, 2.24) is 14.6 Å². The molecule has 2 aliphatic rings. The largest absolute Gasteiger partial charge is 0.467 e. The van der Waals surface area contributed by atoms with Crippen LogP contribution in [0.3, 0.4) is 0 Å². The molecule has 0 spiro atoms. The molecule has 156 valence electrons. The van der Waals surface area contributed by atoms with E-state index in [1.54, 1.807) is 17.5 Å². The summed E-state index contributed by atoms with van der Waals surface area (Å²) in [5, 5.41) is 8.10. The smallest absolute Gasteiger partial charge is 0.253 e. The zero-order valence-corrected chi connectivity index (χ0v) is 17.5. The molecule has 1 aliphatic carbocycles. The first-order chi connectivity index (χ1) is 15.3. The first-order valence-electron chi connectivity index (χ1n) is 10.3. The lowest BCUT2D eigenvalue weighted by atomic mass is 10.1. The van der Waals surface area contributed by atoms with Crippen LogP contribution in [0.4, 0.5) is 0 Å². The van der Waals surface area contributed by atoms with Crippen LogP contribution in [0.25, 0.3) is 11.0 Å². The number of amides is 1. The standard InChI is InChI=1S/C23H20N4O3S/c28-22(14-31-23-24-9-10-26(23)16-7-8-16)27-18(20-6-3-11-29-20)13-17(25-27)21-12-15-4-1-2-5-19(15)30-21/h1-6,9-12,16,18H,7-8,13-14H2. The van der Waals surface area contributed by atoms with Gasteiger partial charge in [0.05, 0.1) is 12.0 Å². The zero-order valence-electron chi connectivity index (χ0n) is 16.7. The van der Waals surface area contributed by atoms with Gasteiger partial charge < -0.3 is 13.4 Å².